The molecule has 1 aromatic heterocycles. The lowest BCUT2D eigenvalue weighted by Gasteiger charge is -2.21. The Balaban J connectivity index is 1.61. The Morgan fingerprint density at radius 1 is 1.21 bits per heavy atom. The topological polar surface area (TPSA) is 130 Å². The van der Waals surface area contributed by atoms with E-state index in [1.807, 2.05) is 25.1 Å². The van der Waals surface area contributed by atoms with E-state index >= 15 is 0 Å². The summed E-state index contributed by atoms with van der Waals surface area (Å²) in [7, 11) is 0. The number of nitrogens with two attached hydrogens (primary N) is 1. The largest absolute Gasteiger partial charge is 0.449 e. The highest BCUT2D eigenvalue weighted by Crippen LogP contribution is 2.25. The fourth-order valence-electron chi connectivity index (χ4n) is 3.83. The molecular weight excluding hydrogens is 436 g/mol. The molecule has 2 aromatic carbocycles. The third-order valence-corrected chi connectivity index (χ3v) is 5.75. The number of benzene rings is 2. The van der Waals surface area contributed by atoms with Gasteiger partial charge in [-0.3, -0.25) is 0 Å². The summed E-state index contributed by atoms with van der Waals surface area (Å²) in [6.07, 6.45) is -0.366. The highest BCUT2D eigenvalue weighted by Gasteiger charge is 2.14. The zero-order valence-corrected chi connectivity index (χ0v) is 19.6. The van der Waals surface area contributed by atoms with Crippen molar-refractivity contribution in [3.63, 3.8) is 0 Å². The Morgan fingerprint density at radius 3 is 2.68 bits per heavy atom. The van der Waals surface area contributed by atoms with E-state index in [-0.39, 0.29) is 25.4 Å². The number of amidine groups is 1. The van der Waals surface area contributed by atoms with Crippen LogP contribution in [0.4, 0.5) is 10.5 Å². The molecule has 3 aromatic rings. The molecule has 9 heteroatoms. The molecule has 0 saturated carbocycles. The monoisotopic (exact) mass is 466 g/mol. The Kier molecular flexibility index (Phi) is 8.13. The summed E-state index contributed by atoms with van der Waals surface area (Å²) < 4.78 is 10.8. The molecule has 9 nitrogen and oxygen atoms in total. The average Bonchev–Trinajstić information content (AvgIpc) is 2.85. The summed E-state index contributed by atoms with van der Waals surface area (Å²) in [5.41, 5.74) is 9.32. The molecule has 0 aliphatic rings. The van der Waals surface area contributed by atoms with Crippen molar-refractivity contribution in [1.29, 1.82) is 0 Å². The molecule has 1 amide bonds. The van der Waals surface area contributed by atoms with Gasteiger partial charge in [-0.05, 0) is 50.1 Å². The number of ether oxygens (including phenoxy) is 1. The smallest absolute Gasteiger partial charge is 0.407 e. The SMILES string of the molecule is CCN(CC)c1ccc2c(C)c(CCOC(=O)NCc3cccc(C(N)=NO)c3)c(=O)oc2c1. The van der Waals surface area contributed by atoms with Gasteiger partial charge in [0.15, 0.2) is 5.84 Å². The van der Waals surface area contributed by atoms with E-state index in [1.54, 1.807) is 24.3 Å². The van der Waals surface area contributed by atoms with Crippen molar-refractivity contribution in [2.24, 2.45) is 10.9 Å². The molecule has 0 aliphatic carbocycles. The van der Waals surface area contributed by atoms with Gasteiger partial charge in [0.25, 0.3) is 0 Å². The second-order valence-electron chi connectivity index (χ2n) is 7.77. The first-order chi connectivity index (χ1) is 16.4. The number of rotatable bonds is 9. The van der Waals surface area contributed by atoms with E-state index in [0.717, 1.165) is 35.3 Å². The van der Waals surface area contributed by atoms with Crippen LogP contribution in [-0.2, 0) is 17.7 Å². The molecule has 0 unspecified atom stereocenters. The van der Waals surface area contributed by atoms with E-state index < -0.39 is 11.7 Å². The summed E-state index contributed by atoms with van der Waals surface area (Å²) in [5, 5.41) is 15.3. The minimum atomic E-state index is -0.610. The van der Waals surface area contributed by atoms with Crippen molar-refractivity contribution in [3.8, 4) is 0 Å². The molecule has 0 saturated heterocycles. The van der Waals surface area contributed by atoms with E-state index in [9.17, 15) is 9.59 Å². The molecule has 0 bridgehead atoms. The van der Waals surface area contributed by atoms with Gasteiger partial charge in [0.1, 0.15) is 5.58 Å². The van der Waals surface area contributed by atoms with Crippen LogP contribution >= 0.6 is 0 Å². The van der Waals surface area contributed by atoms with E-state index in [1.165, 1.54) is 0 Å². The van der Waals surface area contributed by atoms with Gasteiger partial charge in [-0.1, -0.05) is 23.4 Å². The van der Waals surface area contributed by atoms with Gasteiger partial charge in [0, 0.05) is 54.3 Å². The normalized spacial score (nSPS) is 11.4. The van der Waals surface area contributed by atoms with Crippen molar-refractivity contribution < 1.29 is 19.2 Å². The van der Waals surface area contributed by atoms with E-state index in [2.05, 4.69) is 29.2 Å². The summed E-state index contributed by atoms with van der Waals surface area (Å²) in [5.74, 6) is -0.0155. The molecule has 4 N–H and O–H groups in total. The van der Waals surface area contributed by atoms with E-state index in [0.29, 0.717) is 16.7 Å². The lowest BCUT2D eigenvalue weighted by molar-refractivity contribution is 0.146. The van der Waals surface area contributed by atoms with Crippen molar-refractivity contribution >= 4 is 28.6 Å². The van der Waals surface area contributed by atoms with Crippen LogP contribution in [0.5, 0.6) is 0 Å². The van der Waals surface area contributed by atoms with Gasteiger partial charge >= 0.3 is 11.7 Å². The fraction of sp³-hybridized carbons (Fsp3) is 0.320. The number of nitrogens with one attached hydrogen (secondary N) is 1. The zero-order valence-electron chi connectivity index (χ0n) is 19.6. The second kappa shape index (κ2) is 11.2. The maximum atomic E-state index is 12.6. The van der Waals surface area contributed by atoms with Crippen molar-refractivity contribution in [3.05, 3.63) is 75.1 Å². The molecule has 0 radical (unpaired) electrons. The number of alkyl carbamates (subject to hydrolysis) is 1. The average molecular weight is 467 g/mol. The number of hydrogen-bond donors (Lipinski definition) is 3. The first-order valence-corrected chi connectivity index (χ1v) is 11.2. The molecule has 0 aliphatic heterocycles. The summed E-state index contributed by atoms with van der Waals surface area (Å²) in [6, 6.07) is 12.8. The summed E-state index contributed by atoms with van der Waals surface area (Å²) in [4.78, 5) is 26.9. The number of aryl methyl sites for hydroxylation is 1. The molecule has 34 heavy (non-hydrogen) atoms. The number of fused-ring (bicyclic) bond motifs is 1. The van der Waals surface area contributed by atoms with Crippen molar-refractivity contribution in [2.45, 2.75) is 33.7 Å². The fourth-order valence-corrected chi connectivity index (χ4v) is 3.83. The van der Waals surface area contributed by atoms with Crippen LogP contribution in [0, 0.1) is 6.92 Å². The number of hydrogen-bond acceptors (Lipinski definition) is 7. The number of amides is 1. The number of carbonyl (C=O) groups excluding carboxylic acids is 1. The predicted octanol–water partition coefficient (Wildman–Crippen LogP) is 3.51. The van der Waals surface area contributed by atoms with Gasteiger partial charge in [0.05, 0.1) is 6.61 Å². The van der Waals surface area contributed by atoms with Crippen LogP contribution in [-0.4, -0.2) is 36.8 Å². The molecule has 0 atom stereocenters. The van der Waals surface area contributed by atoms with Crippen LogP contribution in [0.1, 0.15) is 36.1 Å². The highest BCUT2D eigenvalue weighted by atomic mass is 16.5. The predicted molar refractivity (Wildman–Crippen MR) is 132 cm³/mol. The standard InChI is InChI=1S/C25H30N4O5/c1-4-29(5-2)19-9-10-20-16(3)21(24(30)34-22(20)14-19)11-12-33-25(31)27-15-17-7-6-8-18(13-17)23(26)28-32/h6-10,13-14,32H,4-5,11-12,15H2,1-3H3,(H2,26,28)(H,27,31). The summed E-state index contributed by atoms with van der Waals surface area (Å²) in [6.45, 7) is 7.99. The second-order valence-corrected chi connectivity index (χ2v) is 7.77. The number of nitrogens with zero attached hydrogens (tertiary/aromatic N) is 2. The Hall–Kier alpha value is -4.01. The van der Waals surface area contributed by atoms with E-state index in [4.69, 9.17) is 20.1 Å². The Labute approximate surface area is 197 Å². The number of anilines is 1. The molecular formula is C25H30N4O5. The van der Waals surface area contributed by atoms with Crippen LogP contribution in [0.3, 0.4) is 0 Å². The summed E-state index contributed by atoms with van der Waals surface area (Å²) >= 11 is 0. The quantitative estimate of drug-likeness (QED) is 0.145. The van der Waals surface area contributed by atoms with Crippen LogP contribution < -0.4 is 21.6 Å². The maximum absolute atomic E-state index is 12.6. The minimum Gasteiger partial charge on any atom is -0.449 e. The molecule has 3 rings (SSSR count). The van der Waals surface area contributed by atoms with Gasteiger partial charge in [-0.25, -0.2) is 9.59 Å². The lowest BCUT2D eigenvalue weighted by atomic mass is 10.0. The number of carbonyl (C=O) groups is 1. The van der Waals surface area contributed by atoms with Crippen LogP contribution in [0.2, 0.25) is 0 Å². The highest BCUT2D eigenvalue weighted by molar-refractivity contribution is 5.97. The van der Waals surface area contributed by atoms with Crippen molar-refractivity contribution in [2.75, 3.05) is 24.6 Å². The van der Waals surface area contributed by atoms with Gasteiger partial charge < -0.3 is 30.3 Å². The van der Waals surface area contributed by atoms with Crippen molar-refractivity contribution in [1.82, 2.24) is 5.32 Å². The molecule has 0 fully saturated rings. The van der Waals surface area contributed by atoms with Gasteiger partial charge in [-0.15, -0.1) is 0 Å². The van der Waals surface area contributed by atoms with Crippen LogP contribution in [0.15, 0.2) is 56.8 Å². The van der Waals surface area contributed by atoms with Crippen LogP contribution in [0.25, 0.3) is 11.0 Å². The molecule has 1 heterocycles. The van der Waals surface area contributed by atoms with Gasteiger partial charge in [-0.2, -0.15) is 0 Å². The zero-order chi connectivity index (χ0) is 24.7. The first kappa shape index (κ1) is 24.6. The Morgan fingerprint density at radius 2 is 1.97 bits per heavy atom. The number of oxime groups is 1. The Bertz CT molecular complexity index is 1250. The first-order valence-electron chi connectivity index (χ1n) is 11.2. The molecule has 0 spiro atoms. The lowest BCUT2D eigenvalue weighted by Crippen LogP contribution is -2.25. The maximum Gasteiger partial charge on any atom is 0.407 e. The third-order valence-electron chi connectivity index (χ3n) is 5.75. The third kappa shape index (κ3) is 5.67. The molecule has 180 valence electrons. The van der Waals surface area contributed by atoms with Gasteiger partial charge in [0.2, 0.25) is 0 Å². The minimum absolute atomic E-state index is 0.0155.